The van der Waals surface area contributed by atoms with Gasteiger partial charge in [-0.3, -0.25) is 4.79 Å². The molecule has 1 fully saturated rings. The molecule has 0 amide bonds. The lowest BCUT2D eigenvalue weighted by atomic mass is 9.79. The van der Waals surface area contributed by atoms with Crippen LogP contribution in [0.1, 0.15) is 31.2 Å². The van der Waals surface area contributed by atoms with E-state index < -0.39 is 5.41 Å². The molecule has 1 aromatic carbocycles. The Morgan fingerprint density at radius 1 is 1.31 bits per heavy atom. The molecule has 1 aliphatic carbocycles. The molecule has 2 rings (SSSR count). The van der Waals surface area contributed by atoms with E-state index in [0.29, 0.717) is 0 Å². The average Bonchev–Trinajstić information content (AvgIpc) is 2.79. The molecule has 0 radical (unpaired) electrons. The highest BCUT2D eigenvalue weighted by atomic mass is 35.5. The molecule has 0 saturated heterocycles. The number of methoxy groups -OCH3 is 1. The molecule has 1 aromatic rings. The minimum Gasteiger partial charge on any atom is -0.496 e. The zero-order valence-corrected chi connectivity index (χ0v) is 10.1. The van der Waals surface area contributed by atoms with Crippen LogP contribution in [0.3, 0.4) is 0 Å². The van der Waals surface area contributed by atoms with E-state index >= 15 is 0 Å². The topological polar surface area (TPSA) is 26.3 Å². The lowest BCUT2D eigenvalue weighted by Gasteiger charge is -2.26. The molecule has 0 aromatic heterocycles. The maximum atomic E-state index is 11.7. The summed E-state index contributed by atoms with van der Waals surface area (Å²) in [6, 6.07) is 7.67. The fraction of sp³-hybridized carbons (Fsp3) is 0.462. The van der Waals surface area contributed by atoms with Crippen molar-refractivity contribution in [3.63, 3.8) is 0 Å². The third-order valence-corrected chi connectivity index (χ3v) is 3.82. The van der Waals surface area contributed by atoms with Crippen molar-refractivity contribution in [2.24, 2.45) is 0 Å². The van der Waals surface area contributed by atoms with Crippen LogP contribution in [0.25, 0.3) is 0 Å². The Kier molecular flexibility index (Phi) is 3.20. The summed E-state index contributed by atoms with van der Waals surface area (Å²) in [6.45, 7) is 0. The average molecular weight is 239 g/mol. The van der Waals surface area contributed by atoms with Crippen molar-refractivity contribution in [2.75, 3.05) is 7.11 Å². The van der Waals surface area contributed by atoms with Gasteiger partial charge in [-0.2, -0.15) is 0 Å². The highest BCUT2D eigenvalue weighted by Crippen LogP contribution is 2.46. The van der Waals surface area contributed by atoms with E-state index in [9.17, 15) is 4.79 Å². The van der Waals surface area contributed by atoms with E-state index in [0.717, 1.165) is 37.0 Å². The smallest absolute Gasteiger partial charge is 0.232 e. The Labute approximate surface area is 101 Å². The minimum atomic E-state index is -0.520. The van der Waals surface area contributed by atoms with Gasteiger partial charge in [-0.15, -0.1) is 0 Å². The number of carbonyl (C=O) groups excluding carboxylic acids is 1. The zero-order valence-electron chi connectivity index (χ0n) is 9.33. The highest BCUT2D eigenvalue weighted by molar-refractivity contribution is 6.65. The normalized spacial score (nSPS) is 18.4. The van der Waals surface area contributed by atoms with Crippen LogP contribution in [0.4, 0.5) is 0 Å². The minimum absolute atomic E-state index is 0.255. The van der Waals surface area contributed by atoms with Crippen molar-refractivity contribution in [3.05, 3.63) is 29.8 Å². The first kappa shape index (κ1) is 11.5. The van der Waals surface area contributed by atoms with Crippen molar-refractivity contribution in [1.82, 2.24) is 0 Å². The quantitative estimate of drug-likeness (QED) is 0.756. The Morgan fingerprint density at radius 2 is 1.94 bits per heavy atom. The number of ether oxygens (including phenoxy) is 1. The summed E-state index contributed by atoms with van der Waals surface area (Å²) in [4.78, 5) is 11.7. The lowest BCUT2D eigenvalue weighted by Crippen LogP contribution is -2.29. The second-order valence-corrected chi connectivity index (χ2v) is 4.61. The molecule has 0 aliphatic heterocycles. The molecule has 0 spiro atoms. The summed E-state index contributed by atoms with van der Waals surface area (Å²) in [7, 11) is 1.63. The van der Waals surface area contributed by atoms with E-state index in [-0.39, 0.29) is 5.24 Å². The fourth-order valence-electron chi connectivity index (χ4n) is 2.59. The van der Waals surface area contributed by atoms with Crippen LogP contribution < -0.4 is 4.74 Å². The van der Waals surface area contributed by atoms with Gasteiger partial charge in [-0.1, -0.05) is 31.0 Å². The zero-order chi connectivity index (χ0) is 11.6. The maximum absolute atomic E-state index is 11.7. The molecule has 0 heterocycles. The largest absolute Gasteiger partial charge is 0.496 e. The van der Waals surface area contributed by atoms with Gasteiger partial charge in [0.25, 0.3) is 0 Å². The van der Waals surface area contributed by atoms with E-state index in [1.165, 1.54) is 0 Å². The van der Waals surface area contributed by atoms with Crippen molar-refractivity contribution in [2.45, 2.75) is 31.1 Å². The number of benzene rings is 1. The van der Waals surface area contributed by atoms with Crippen LogP contribution in [-0.4, -0.2) is 12.4 Å². The Balaban J connectivity index is 2.51. The van der Waals surface area contributed by atoms with Crippen LogP contribution in [0, 0.1) is 0 Å². The summed E-state index contributed by atoms with van der Waals surface area (Å²) in [6.07, 6.45) is 3.76. The van der Waals surface area contributed by atoms with Gasteiger partial charge >= 0.3 is 0 Å². The van der Waals surface area contributed by atoms with Crippen LogP contribution >= 0.6 is 11.6 Å². The van der Waals surface area contributed by atoms with E-state index in [4.69, 9.17) is 16.3 Å². The van der Waals surface area contributed by atoms with Gasteiger partial charge in [-0.25, -0.2) is 0 Å². The number of para-hydroxylation sites is 1. The van der Waals surface area contributed by atoms with Gasteiger partial charge in [0, 0.05) is 5.56 Å². The number of carbonyl (C=O) groups is 1. The second-order valence-electron chi connectivity index (χ2n) is 4.26. The SMILES string of the molecule is COc1ccccc1C1(C(=O)Cl)CCCC1. The molecule has 0 unspecified atom stereocenters. The first-order chi connectivity index (χ1) is 7.70. The van der Waals surface area contributed by atoms with Crippen LogP contribution in [-0.2, 0) is 10.2 Å². The lowest BCUT2D eigenvalue weighted by molar-refractivity contribution is -0.116. The summed E-state index contributed by atoms with van der Waals surface area (Å²) in [5.41, 5.74) is 0.420. The molecule has 2 nitrogen and oxygen atoms in total. The summed E-state index contributed by atoms with van der Waals surface area (Å²) in [5.74, 6) is 0.762. The van der Waals surface area contributed by atoms with Crippen LogP contribution in [0.15, 0.2) is 24.3 Å². The highest BCUT2D eigenvalue weighted by Gasteiger charge is 2.43. The monoisotopic (exact) mass is 238 g/mol. The first-order valence-corrected chi connectivity index (χ1v) is 5.92. The molecule has 3 heteroatoms. The van der Waals surface area contributed by atoms with Gasteiger partial charge < -0.3 is 4.74 Å². The molecule has 16 heavy (non-hydrogen) atoms. The Bertz CT molecular complexity index is 395. The van der Waals surface area contributed by atoms with E-state index in [2.05, 4.69) is 0 Å². The predicted octanol–water partition coefficient (Wildman–Crippen LogP) is 3.27. The maximum Gasteiger partial charge on any atom is 0.232 e. The van der Waals surface area contributed by atoms with Crippen LogP contribution in [0.5, 0.6) is 5.75 Å². The molecular weight excluding hydrogens is 224 g/mol. The molecule has 1 saturated carbocycles. The number of halogens is 1. The molecule has 0 N–H and O–H groups in total. The predicted molar refractivity (Wildman–Crippen MR) is 64.0 cm³/mol. The molecule has 0 atom stereocenters. The summed E-state index contributed by atoms with van der Waals surface area (Å²) >= 11 is 5.81. The van der Waals surface area contributed by atoms with Gasteiger partial charge in [0.2, 0.25) is 5.24 Å². The number of rotatable bonds is 3. The fourth-order valence-corrected chi connectivity index (χ4v) is 2.88. The van der Waals surface area contributed by atoms with Gasteiger partial charge in [-0.05, 0) is 30.5 Å². The number of hydrogen-bond acceptors (Lipinski definition) is 2. The van der Waals surface area contributed by atoms with E-state index in [1.54, 1.807) is 7.11 Å². The van der Waals surface area contributed by atoms with Crippen molar-refractivity contribution in [1.29, 1.82) is 0 Å². The van der Waals surface area contributed by atoms with Crippen molar-refractivity contribution < 1.29 is 9.53 Å². The van der Waals surface area contributed by atoms with E-state index in [1.807, 2.05) is 24.3 Å². The molecule has 86 valence electrons. The Morgan fingerprint density at radius 3 is 2.50 bits per heavy atom. The molecule has 1 aliphatic rings. The first-order valence-electron chi connectivity index (χ1n) is 5.54. The summed E-state index contributed by atoms with van der Waals surface area (Å²) in [5, 5.41) is -0.255. The third kappa shape index (κ3) is 1.71. The number of hydrogen-bond donors (Lipinski definition) is 0. The van der Waals surface area contributed by atoms with Crippen molar-refractivity contribution >= 4 is 16.8 Å². The van der Waals surface area contributed by atoms with Gasteiger partial charge in [0.05, 0.1) is 12.5 Å². The third-order valence-electron chi connectivity index (χ3n) is 3.46. The van der Waals surface area contributed by atoms with Gasteiger partial charge in [0.1, 0.15) is 5.75 Å². The van der Waals surface area contributed by atoms with Gasteiger partial charge in [0.15, 0.2) is 0 Å². The standard InChI is InChI=1S/C13H15ClO2/c1-16-11-7-3-2-6-10(11)13(12(14)15)8-4-5-9-13/h2-3,6-7H,4-5,8-9H2,1H3. The summed E-state index contributed by atoms with van der Waals surface area (Å²) < 4.78 is 5.32. The molecular formula is C13H15ClO2. The van der Waals surface area contributed by atoms with Crippen LogP contribution in [0.2, 0.25) is 0 Å². The molecule has 0 bridgehead atoms. The van der Waals surface area contributed by atoms with Crippen molar-refractivity contribution in [3.8, 4) is 5.75 Å². The Hall–Kier alpha value is -1.02. The second kappa shape index (κ2) is 4.46.